The number of carbonyl (C=O) groups excluding carboxylic acids is 1. The molecule has 0 aliphatic rings. The van der Waals surface area contributed by atoms with Crippen molar-refractivity contribution >= 4 is 5.91 Å². The van der Waals surface area contributed by atoms with E-state index in [9.17, 15) is 4.79 Å². The first-order valence-electron chi connectivity index (χ1n) is 8.26. The SMILES string of the molecule is CCCCc1ccc(C(C)NCCC(=O)NCCC)cc1. The predicted molar refractivity (Wildman–Crippen MR) is 89.4 cm³/mol. The summed E-state index contributed by atoms with van der Waals surface area (Å²) in [4.78, 5) is 11.5. The molecule has 2 N–H and O–H groups in total. The number of aryl methyl sites for hydroxylation is 1. The largest absolute Gasteiger partial charge is 0.356 e. The van der Waals surface area contributed by atoms with Crippen LogP contribution in [0.2, 0.25) is 0 Å². The topological polar surface area (TPSA) is 41.1 Å². The average molecular weight is 290 g/mol. The fourth-order valence-electron chi connectivity index (χ4n) is 2.23. The molecule has 1 atom stereocenters. The molecule has 0 aliphatic carbocycles. The number of unbranched alkanes of at least 4 members (excludes halogenated alkanes) is 1. The van der Waals surface area contributed by atoms with Crippen molar-refractivity contribution in [3.05, 3.63) is 35.4 Å². The molecule has 0 radical (unpaired) electrons. The van der Waals surface area contributed by atoms with Crippen LogP contribution in [0.5, 0.6) is 0 Å². The first-order chi connectivity index (χ1) is 10.2. The minimum atomic E-state index is 0.131. The Morgan fingerprint density at radius 2 is 1.81 bits per heavy atom. The fourth-order valence-corrected chi connectivity index (χ4v) is 2.23. The molecule has 21 heavy (non-hydrogen) atoms. The number of rotatable bonds is 10. The number of hydrogen-bond donors (Lipinski definition) is 2. The van der Waals surface area contributed by atoms with Gasteiger partial charge < -0.3 is 10.6 Å². The number of carbonyl (C=O) groups is 1. The Bertz CT molecular complexity index is 400. The highest BCUT2D eigenvalue weighted by Gasteiger charge is 2.06. The van der Waals surface area contributed by atoms with Gasteiger partial charge in [-0.15, -0.1) is 0 Å². The summed E-state index contributed by atoms with van der Waals surface area (Å²) in [6, 6.07) is 9.11. The summed E-state index contributed by atoms with van der Waals surface area (Å²) in [5, 5.41) is 6.30. The zero-order chi connectivity index (χ0) is 15.5. The van der Waals surface area contributed by atoms with Crippen LogP contribution in [-0.4, -0.2) is 19.0 Å². The molecule has 1 aromatic carbocycles. The van der Waals surface area contributed by atoms with Gasteiger partial charge in [0.2, 0.25) is 5.91 Å². The zero-order valence-corrected chi connectivity index (χ0v) is 13.7. The number of nitrogens with one attached hydrogen (secondary N) is 2. The van der Waals surface area contributed by atoms with Crippen molar-refractivity contribution in [1.29, 1.82) is 0 Å². The van der Waals surface area contributed by atoms with E-state index in [1.807, 2.05) is 0 Å². The third kappa shape index (κ3) is 7.28. The van der Waals surface area contributed by atoms with E-state index in [1.54, 1.807) is 0 Å². The van der Waals surface area contributed by atoms with Crippen LogP contribution in [-0.2, 0) is 11.2 Å². The summed E-state index contributed by atoms with van der Waals surface area (Å²) in [7, 11) is 0. The van der Waals surface area contributed by atoms with Crippen LogP contribution in [0.3, 0.4) is 0 Å². The predicted octanol–water partition coefficient (Wildman–Crippen LogP) is 3.60. The summed E-state index contributed by atoms with van der Waals surface area (Å²) < 4.78 is 0. The van der Waals surface area contributed by atoms with E-state index in [0.29, 0.717) is 13.0 Å². The fraction of sp³-hybridized carbons (Fsp3) is 0.611. The van der Waals surface area contributed by atoms with Crippen LogP contribution in [0.4, 0.5) is 0 Å². The molecular weight excluding hydrogens is 260 g/mol. The van der Waals surface area contributed by atoms with Gasteiger partial charge in [0.25, 0.3) is 0 Å². The normalized spacial score (nSPS) is 12.1. The molecule has 0 saturated carbocycles. The molecule has 118 valence electrons. The molecule has 0 aliphatic heterocycles. The van der Waals surface area contributed by atoms with Crippen LogP contribution < -0.4 is 10.6 Å². The van der Waals surface area contributed by atoms with Gasteiger partial charge >= 0.3 is 0 Å². The van der Waals surface area contributed by atoms with Crippen LogP contribution in [0.25, 0.3) is 0 Å². The van der Waals surface area contributed by atoms with E-state index < -0.39 is 0 Å². The van der Waals surface area contributed by atoms with E-state index in [2.05, 4.69) is 55.7 Å². The minimum Gasteiger partial charge on any atom is -0.356 e. The van der Waals surface area contributed by atoms with E-state index in [0.717, 1.165) is 19.4 Å². The van der Waals surface area contributed by atoms with E-state index >= 15 is 0 Å². The molecule has 1 unspecified atom stereocenters. The highest BCUT2D eigenvalue weighted by molar-refractivity contribution is 5.75. The van der Waals surface area contributed by atoms with Gasteiger partial charge in [-0.3, -0.25) is 4.79 Å². The smallest absolute Gasteiger partial charge is 0.221 e. The third-order valence-electron chi connectivity index (χ3n) is 3.67. The molecule has 1 aromatic rings. The Hall–Kier alpha value is -1.35. The van der Waals surface area contributed by atoms with E-state index in [4.69, 9.17) is 0 Å². The van der Waals surface area contributed by atoms with Gasteiger partial charge in [0.15, 0.2) is 0 Å². The number of benzene rings is 1. The van der Waals surface area contributed by atoms with Gasteiger partial charge in [0.1, 0.15) is 0 Å². The average Bonchev–Trinajstić information content (AvgIpc) is 2.51. The van der Waals surface area contributed by atoms with Crippen molar-refractivity contribution in [2.45, 2.75) is 58.9 Å². The van der Waals surface area contributed by atoms with Crippen molar-refractivity contribution in [1.82, 2.24) is 10.6 Å². The first kappa shape index (κ1) is 17.7. The van der Waals surface area contributed by atoms with Gasteiger partial charge in [0.05, 0.1) is 0 Å². The minimum absolute atomic E-state index is 0.131. The Balaban J connectivity index is 2.31. The Labute approximate surface area is 129 Å². The molecule has 3 heteroatoms. The molecule has 0 saturated heterocycles. The van der Waals surface area contributed by atoms with Crippen LogP contribution in [0.1, 0.15) is 63.6 Å². The number of amides is 1. The standard InChI is InChI=1S/C18H30N2O/c1-4-6-7-16-8-10-17(11-9-16)15(3)19-14-12-18(21)20-13-5-2/h8-11,15,19H,4-7,12-14H2,1-3H3,(H,20,21). The lowest BCUT2D eigenvalue weighted by molar-refractivity contribution is -0.121. The number of hydrogen-bond acceptors (Lipinski definition) is 2. The van der Waals surface area contributed by atoms with Crippen molar-refractivity contribution in [3.8, 4) is 0 Å². The lowest BCUT2D eigenvalue weighted by Gasteiger charge is -2.14. The van der Waals surface area contributed by atoms with Gasteiger partial charge in [-0.1, -0.05) is 44.5 Å². The Kier molecular flexibility index (Phi) is 8.76. The van der Waals surface area contributed by atoms with Crippen molar-refractivity contribution in [2.24, 2.45) is 0 Å². The summed E-state index contributed by atoms with van der Waals surface area (Å²) >= 11 is 0. The second-order valence-electron chi connectivity index (χ2n) is 5.62. The van der Waals surface area contributed by atoms with Crippen LogP contribution in [0.15, 0.2) is 24.3 Å². The maximum atomic E-state index is 11.5. The molecule has 3 nitrogen and oxygen atoms in total. The van der Waals surface area contributed by atoms with Gasteiger partial charge in [-0.05, 0) is 37.3 Å². The second kappa shape index (κ2) is 10.4. The Morgan fingerprint density at radius 1 is 1.10 bits per heavy atom. The summed E-state index contributed by atoms with van der Waals surface area (Å²) in [6.45, 7) is 7.91. The molecule has 0 spiro atoms. The third-order valence-corrected chi connectivity index (χ3v) is 3.67. The van der Waals surface area contributed by atoms with Crippen molar-refractivity contribution in [2.75, 3.05) is 13.1 Å². The second-order valence-corrected chi connectivity index (χ2v) is 5.62. The zero-order valence-electron chi connectivity index (χ0n) is 13.7. The summed E-state index contributed by atoms with van der Waals surface area (Å²) in [6.07, 6.45) is 5.18. The lowest BCUT2D eigenvalue weighted by Crippen LogP contribution is -2.29. The molecule has 1 rings (SSSR count). The summed E-state index contributed by atoms with van der Waals surface area (Å²) in [5.74, 6) is 0.131. The van der Waals surface area contributed by atoms with Gasteiger partial charge in [0, 0.05) is 25.6 Å². The van der Waals surface area contributed by atoms with Gasteiger partial charge in [-0.2, -0.15) is 0 Å². The summed E-state index contributed by atoms with van der Waals surface area (Å²) in [5.41, 5.74) is 2.69. The molecule has 0 fully saturated rings. The highest BCUT2D eigenvalue weighted by atomic mass is 16.1. The molecule has 1 amide bonds. The maximum absolute atomic E-state index is 11.5. The van der Waals surface area contributed by atoms with E-state index in [1.165, 1.54) is 24.0 Å². The lowest BCUT2D eigenvalue weighted by atomic mass is 10.0. The van der Waals surface area contributed by atoms with Crippen LogP contribution >= 0.6 is 0 Å². The van der Waals surface area contributed by atoms with Crippen LogP contribution in [0, 0.1) is 0 Å². The molecule has 0 heterocycles. The van der Waals surface area contributed by atoms with Crippen molar-refractivity contribution in [3.63, 3.8) is 0 Å². The molecule has 0 aromatic heterocycles. The van der Waals surface area contributed by atoms with Crippen molar-refractivity contribution < 1.29 is 4.79 Å². The molecular formula is C18H30N2O. The monoisotopic (exact) mass is 290 g/mol. The highest BCUT2D eigenvalue weighted by Crippen LogP contribution is 2.14. The quantitative estimate of drug-likeness (QED) is 0.691. The first-order valence-corrected chi connectivity index (χ1v) is 8.26. The Morgan fingerprint density at radius 3 is 2.43 bits per heavy atom. The van der Waals surface area contributed by atoms with E-state index in [-0.39, 0.29) is 11.9 Å². The maximum Gasteiger partial charge on any atom is 0.221 e. The van der Waals surface area contributed by atoms with Gasteiger partial charge in [-0.25, -0.2) is 0 Å². The molecule has 0 bridgehead atoms.